The number of nitrogen functional groups attached to an aromatic ring is 1. The third-order valence-corrected chi connectivity index (χ3v) is 8.74. The van der Waals surface area contributed by atoms with Gasteiger partial charge in [0.2, 0.25) is 5.88 Å². The van der Waals surface area contributed by atoms with Gasteiger partial charge in [-0.1, -0.05) is 24.3 Å². The molecule has 9 N–H and O–H groups in total. The smallest absolute Gasteiger partial charge is 0.261 e. The number of nitrogens with two attached hydrogens (primary N) is 4. The molecule has 0 radical (unpaired) electrons. The van der Waals surface area contributed by atoms with E-state index in [-0.39, 0.29) is 18.0 Å². The lowest BCUT2D eigenvalue weighted by Gasteiger charge is -2.36. The molecule has 194 valence electrons. The highest BCUT2D eigenvalue weighted by molar-refractivity contribution is 7.21. The van der Waals surface area contributed by atoms with Gasteiger partial charge >= 0.3 is 0 Å². The first kappa shape index (κ1) is 24.5. The molecule has 4 atom stereocenters. The molecule has 2 aliphatic rings. The molecule has 9 nitrogen and oxygen atoms in total. The normalized spacial score (nSPS) is 24.5. The minimum absolute atomic E-state index is 0.0152. The highest BCUT2D eigenvalue weighted by Crippen LogP contribution is 2.49. The van der Waals surface area contributed by atoms with Crippen molar-refractivity contribution in [3.8, 4) is 11.6 Å². The number of anilines is 1. The SMILES string of the molecule is Nc1ccc2c3c(c(C(=O)NC4CCC(N)C4)sc13)C(N)C(=O)C2(N)c1ccc(Oc2ccccc2)nc1. The summed E-state index contributed by atoms with van der Waals surface area (Å²) < 4.78 is 6.47. The van der Waals surface area contributed by atoms with Gasteiger partial charge in [0, 0.05) is 46.5 Å². The molecule has 10 heteroatoms. The van der Waals surface area contributed by atoms with Crippen LogP contribution in [0.25, 0.3) is 10.1 Å². The molecule has 2 aliphatic carbocycles. The maximum Gasteiger partial charge on any atom is 0.261 e. The quantitative estimate of drug-likeness (QED) is 0.246. The van der Waals surface area contributed by atoms with Crippen molar-refractivity contribution in [2.24, 2.45) is 17.2 Å². The second-order valence-electron chi connectivity index (χ2n) is 9.95. The molecule has 1 amide bonds. The molecule has 4 unspecified atom stereocenters. The van der Waals surface area contributed by atoms with E-state index in [0.29, 0.717) is 55.4 Å². The Balaban J connectivity index is 1.42. The van der Waals surface area contributed by atoms with Crippen LogP contribution < -0.4 is 33.0 Å². The van der Waals surface area contributed by atoms with Gasteiger partial charge in [0.1, 0.15) is 11.3 Å². The summed E-state index contributed by atoms with van der Waals surface area (Å²) in [6.07, 6.45) is 3.92. The van der Waals surface area contributed by atoms with Crippen LogP contribution in [-0.2, 0) is 10.3 Å². The fourth-order valence-electron chi connectivity index (χ4n) is 5.53. The maximum absolute atomic E-state index is 13.9. The van der Waals surface area contributed by atoms with E-state index >= 15 is 0 Å². The average Bonchev–Trinajstić information content (AvgIpc) is 3.52. The molecule has 4 aromatic rings. The van der Waals surface area contributed by atoms with Gasteiger partial charge in [0.05, 0.1) is 15.6 Å². The van der Waals surface area contributed by atoms with Crippen molar-refractivity contribution >= 4 is 38.8 Å². The van der Waals surface area contributed by atoms with Crippen LogP contribution in [0.5, 0.6) is 11.6 Å². The second-order valence-corrected chi connectivity index (χ2v) is 11.0. The number of pyridine rings is 1. The standard InChI is InChI=1S/C28H28N6O3S/c29-15-7-8-16(12-15)34-27(36)25-22-21-18(9-10-19(30)24(21)38-25)28(32,26(35)23(22)31)14-6-11-20(33-13-14)37-17-4-2-1-3-5-17/h1-6,9-11,13,15-16,23H,7-8,12,29-32H2,(H,34,36). The molecule has 0 saturated heterocycles. The number of thiophene rings is 1. The van der Waals surface area contributed by atoms with E-state index in [1.807, 2.05) is 30.3 Å². The zero-order valence-corrected chi connectivity index (χ0v) is 21.3. The number of rotatable bonds is 5. The van der Waals surface area contributed by atoms with Gasteiger partial charge < -0.3 is 33.0 Å². The lowest BCUT2D eigenvalue weighted by atomic mass is 9.71. The summed E-state index contributed by atoms with van der Waals surface area (Å²) >= 11 is 1.24. The number of Topliss-reactive ketones (excluding diaryl/α,β-unsaturated/α-hetero) is 1. The molecule has 0 bridgehead atoms. The highest BCUT2D eigenvalue weighted by atomic mass is 32.1. The molecule has 2 aromatic heterocycles. The van der Waals surface area contributed by atoms with E-state index in [2.05, 4.69) is 10.3 Å². The number of nitrogens with one attached hydrogen (secondary N) is 1. The van der Waals surface area contributed by atoms with E-state index in [1.165, 1.54) is 17.5 Å². The largest absolute Gasteiger partial charge is 0.439 e. The minimum atomic E-state index is -1.58. The van der Waals surface area contributed by atoms with Crippen molar-refractivity contribution in [2.75, 3.05) is 5.73 Å². The molecule has 2 aromatic carbocycles. The van der Waals surface area contributed by atoms with Crippen molar-refractivity contribution in [3.63, 3.8) is 0 Å². The second kappa shape index (κ2) is 9.17. The Hall–Kier alpha value is -3.83. The first-order valence-corrected chi connectivity index (χ1v) is 13.3. The van der Waals surface area contributed by atoms with E-state index < -0.39 is 17.4 Å². The van der Waals surface area contributed by atoms with Crippen LogP contribution in [0.3, 0.4) is 0 Å². The molecule has 38 heavy (non-hydrogen) atoms. The molecule has 1 fully saturated rings. The highest BCUT2D eigenvalue weighted by Gasteiger charge is 2.49. The van der Waals surface area contributed by atoms with Gasteiger partial charge in [0.15, 0.2) is 5.78 Å². The lowest BCUT2D eigenvalue weighted by Crippen LogP contribution is -2.52. The number of amides is 1. The van der Waals surface area contributed by atoms with Crippen LogP contribution in [0.15, 0.2) is 60.8 Å². The molecule has 0 spiro atoms. The molecular formula is C28H28N6O3S. The van der Waals surface area contributed by atoms with Crippen molar-refractivity contribution in [1.29, 1.82) is 0 Å². The maximum atomic E-state index is 13.9. The third-order valence-electron chi connectivity index (χ3n) is 7.49. The van der Waals surface area contributed by atoms with E-state index in [1.54, 1.807) is 24.3 Å². The van der Waals surface area contributed by atoms with Gasteiger partial charge in [-0.3, -0.25) is 9.59 Å². The fraction of sp³-hybridized carbons (Fsp3) is 0.250. The summed E-state index contributed by atoms with van der Waals surface area (Å²) in [5, 5.41) is 3.72. The number of ketones is 1. The monoisotopic (exact) mass is 528 g/mol. The Kier molecular flexibility index (Phi) is 5.92. The van der Waals surface area contributed by atoms with Gasteiger partial charge in [-0.2, -0.15) is 0 Å². The number of nitrogens with zero attached hydrogens (tertiary/aromatic N) is 1. The number of ether oxygens (including phenoxy) is 1. The predicted molar refractivity (Wildman–Crippen MR) is 147 cm³/mol. The summed E-state index contributed by atoms with van der Waals surface area (Å²) in [6.45, 7) is 0. The van der Waals surface area contributed by atoms with Crippen LogP contribution in [0, 0.1) is 0 Å². The topological polar surface area (TPSA) is 172 Å². The van der Waals surface area contributed by atoms with Crippen molar-refractivity contribution in [3.05, 3.63) is 82.4 Å². The van der Waals surface area contributed by atoms with Gasteiger partial charge in [0.25, 0.3) is 5.91 Å². The van der Waals surface area contributed by atoms with Gasteiger partial charge in [-0.15, -0.1) is 11.3 Å². The summed E-state index contributed by atoms with van der Waals surface area (Å²) in [6, 6.07) is 15.0. The van der Waals surface area contributed by atoms with E-state index in [9.17, 15) is 9.59 Å². The predicted octanol–water partition coefficient (Wildman–Crippen LogP) is 3.07. The van der Waals surface area contributed by atoms with E-state index in [0.717, 1.165) is 12.8 Å². The Bertz CT molecular complexity index is 1550. The molecule has 0 aliphatic heterocycles. The average molecular weight is 529 g/mol. The Labute approximate surface area is 223 Å². The zero-order valence-electron chi connectivity index (χ0n) is 20.5. The van der Waals surface area contributed by atoms with Crippen LogP contribution >= 0.6 is 11.3 Å². The van der Waals surface area contributed by atoms with Crippen molar-refractivity contribution < 1.29 is 14.3 Å². The Morgan fingerprint density at radius 1 is 1.08 bits per heavy atom. The number of carbonyl (C=O) groups excluding carboxylic acids is 2. The summed E-state index contributed by atoms with van der Waals surface area (Å²) in [5.74, 6) is 0.298. The fourth-order valence-corrected chi connectivity index (χ4v) is 6.73. The number of aromatic nitrogens is 1. The number of benzene rings is 2. The number of carbonyl (C=O) groups is 2. The van der Waals surface area contributed by atoms with Crippen molar-refractivity contribution in [2.45, 2.75) is 42.9 Å². The van der Waals surface area contributed by atoms with Crippen LogP contribution in [-0.4, -0.2) is 28.8 Å². The van der Waals surface area contributed by atoms with Gasteiger partial charge in [-0.05, 0) is 49.1 Å². The van der Waals surface area contributed by atoms with Crippen LogP contribution in [0.4, 0.5) is 5.69 Å². The molecule has 1 saturated carbocycles. The lowest BCUT2D eigenvalue weighted by molar-refractivity contribution is -0.124. The van der Waals surface area contributed by atoms with E-state index in [4.69, 9.17) is 27.7 Å². The molecule has 6 rings (SSSR count). The van der Waals surface area contributed by atoms with Gasteiger partial charge in [-0.25, -0.2) is 4.98 Å². The Morgan fingerprint density at radius 2 is 1.87 bits per heavy atom. The summed E-state index contributed by atoms with van der Waals surface area (Å²) in [4.78, 5) is 32.0. The van der Waals surface area contributed by atoms with Crippen molar-refractivity contribution in [1.82, 2.24) is 10.3 Å². The minimum Gasteiger partial charge on any atom is -0.439 e. The zero-order chi connectivity index (χ0) is 26.6. The number of para-hydroxylation sites is 1. The number of hydrogen-bond acceptors (Lipinski definition) is 9. The van der Waals surface area contributed by atoms with Crippen LogP contribution in [0.2, 0.25) is 0 Å². The Morgan fingerprint density at radius 3 is 2.55 bits per heavy atom. The summed E-state index contributed by atoms with van der Waals surface area (Å²) in [5.41, 5.74) is 26.2. The summed E-state index contributed by atoms with van der Waals surface area (Å²) in [7, 11) is 0. The first-order chi connectivity index (χ1) is 18.3. The molecule has 2 heterocycles. The number of hydrogen-bond donors (Lipinski definition) is 5. The third kappa shape index (κ3) is 3.84. The molecular weight excluding hydrogens is 500 g/mol. The van der Waals surface area contributed by atoms with Crippen LogP contribution in [0.1, 0.15) is 51.7 Å². The first-order valence-electron chi connectivity index (χ1n) is 12.5.